The number of nitrogens with zero attached hydrogens (tertiary/aromatic N) is 2. The number of aliphatic carboxylic acids is 1. The van der Waals surface area contributed by atoms with Gasteiger partial charge in [-0.25, -0.2) is 0 Å². The van der Waals surface area contributed by atoms with Crippen LogP contribution in [-0.2, 0) is 30.3 Å². The van der Waals surface area contributed by atoms with Crippen molar-refractivity contribution < 1.29 is 38.6 Å². The predicted octanol–water partition coefficient (Wildman–Crippen LogP) is 0.0109. The number of benzene rings is 2. The number of nitrogens with one attached hydrogen (secondary N) is 2. The number of carboxylic acids is 1. The second-order valence-corrected chi connectivity index (χ2v) is 9.34. The number of rotatable bonds is 12. The number of carbonyl (C=O) groups is 5. The fourth-order valence-corrected chi connectivity index (χ4v) is 4.39. The van der Waals surface area contributed by atoms with Crippen molar-refractivity contribution in [3.05, 3.63) is 65.2 Å². The number of terminal acetylenes is 1. The molecule has 13 nitrogen and oxygen atoms in total. The van der Waals surface area contributed by atoms with Gasteiger partial charge in [-0.15, -0.1) is 6.42 Å². The molecule has 0 spiro atoms. The summed E-state index contributed by atoms with van der Waals surface area (Å²) in [6.45, 7) is -0.674. The van der Waals surface area contributed by atoms with Crippen LogP contribution in [0, 0.1) is 17.8 Å². The van der Waals surface area contributed by atoms with Gasteiger partial charge in [0, 0.05) is 30.6 Å². The zero-order chi connectivity index (χ0) is 30.8. The van der Waals surface area contributed by atoms with Gasteiger partial charge < -0.3 is 35.4 Å². The lowest BCUT2D eigenvalue weighted by atomic mass is 10.0. The molecule has 3 rings (SSSR count). The normalized spacial score (nSPS) is 15.2. The number of nitrogen functional groups attached to an aromatic ring is 1. The summed E-state index contributed by atoms with van der Waals surface area (Å²) in [6, 6.07) is 10.1. The summed E-state index contributed by atoms with van der Waals surface area (Å²) in [5.41, 5.74) is 6.75. The van der Waals surface area contributed by atoms with E-state index in [1.165, 1.54) is 29.2 Å². The zero-order valence-corrected chi connectivity index (χ0v) is 22.9. The minimum atomic E-state index is -1.33. The lowest BCUT2D eigenvalue weighted by Gasteiger charge is -2.41. The molecule has 5 N–H and O–H groups in total. The predicted molar refractivity (Wildman–Crippen MR) is 150 cm³/mol. The lowest BCUT2D eigenvalue weighted by molar-refractivity contribution is -0.159. The van der Waals surface area contributed by atoms with Crippen molar-refractivity contribution in [3.8, 4) is 18.1 Å². The van der Waals surface area contributed by atoms with Crippen molar-refractivity contribution in [2.45, 2.75) is 24.9 Å². The maximum absolute atomic E-state index is 14.0. The number of piperazine rings is 1. The molecule has 0 bridgehead atoms. The van der Waals surface area contributed by atoms with Crippen molar-refractivity contribution in [3.63, 3.8) is 0 Å². The molecule has 0 aliphatic carbocycles. The van der Waals surface area contributed by atoms with Crippen LogP contribution in [0.3, 0.4) is 0 Å². The number of carbonyl (C=O) groups excluding carboxylic acids is 4. The fraction of sp³-hybridized carbons (Fsp3) is 0.310. The van der Waals surface area contributed by atoms with Crippen LogP contribution in [0.1, 0.15) is 27.9 Å². The Labute approximate surface area is 242 Å². The van der Waals surface area contributed by atoms with Crippen LogP contribution in [0.4, 0.5) is 0 Å². The van der Waals surface area contributed by atoms with Gasteiger partial charge in [-0.3, -0.25) is 29.4 Å². The van der Waals surface area contributed by atoms with E-state index in [1.807, 2.05) is 0 Å². The smallest absolute Gasteiger partial charge is 0.323 e. The SMILES string of the molecule is C#CCOc1ccc(C[C@H](NC(=O)c2ccc(C(=N)N)cc2)C(=O)N2CCN(CC(=O)O)C(=O)[C@@H]2CC(=O)OC)cc1. The van der Waals surface area contributed by atoms with Gasteiger partial charge in [-0.1, -0.05) is 30.2 Å². The number of methoxy groups -OCH3 is 1. The second-order valence-electron chi connectivity index (χ2n) is 9.34. The van der Waals surface area contributed by atoms with Gasteiger partial charge in [0.2, 0.25) is 11.8 Å². The third-order valence-electron chi connectivity index (χ3n) is 6.53. The molecular weight excluding hydrogens is 546 g/mol. The van der Waals surface area contributed by atoms with Crippen LogP contribution in [0.25, 0.3) is 0 Å². The second kappa shape index (κ2) is 14.3. The minimum absolute atomic E-state index is 0.0139. The van der Waals surface area contributed by atoms with E-state index in [1.54, 1.807) is 24.3 Å². The molecule has 42 heavy (non-hydrogen) atoms. The standard InChI is InChI=1S/C29H31N5O8/c1-3-14-42-21-10-4-18(5-11-21)15-22(32-27(38)20-8-6-19(7-9-20)26(30)31)28(39)34-13-12-33(17-24(35)36)29(40)23(34)16-25(37)41-2/h1,4-11,22-23H,12-17H2,2H3,(H3,30,31)(H,32,38)(H,35,36)/t22-,23-/m0/s1. The molecule has 1 aliphatic rings. The first-order valence-electron chi connectivity index (χ1n) is 12.8. The van der Waals surface area contributed by atoms with Gasteiger partial charge in [-0.05, 0) is 29.8 Å². The first kappa shape index (κ1) is 31.2. The van der Waals surface area contributed by atoms with E-state index < -0.39 is 54.7 Å². The van der Waals surface area contributed by atoms with Crippen LogP contribution in [0.15, 0.2) is 48.5 Å². The van der Waals surface area contributed by atoms with Crippen LogP contribution in [0.5, 0.6) is 5.75 Å². The van der Waals surface area contributed by atoms with Gasteiger partial charge >= 0.3 is 11.9 Å². The third-order valence-corrected chi connectivity index (χ3v) is 6.53. The molecule has 3 amide bonds. The number of carboxylic acid groups (broad SMARTS) is 1. The van der Waals surface area contributed by atoms with Crippen molar-refractivity contribution >= 4 is 35.5 Å². The van der Waals surface area contributed by atoms with Gasteiger partial charge in [0.15, 0.2) is 0 Å². The first-order valence-corrected chi connectivity index (χ1v) is 12.8. The molecule has 2 atom stereocenters. The summed E-state index contributed by atoms with van der Waals surface area (Å²) in [5, 5.41) is 19.4. The van der Waals surface area contributed by atoms with Crippen LogP contribution >= 0.6 is 0 Å². The number of amides is 3. The van der Waals surface area contributed by atoms with Gasteiger partial charge in [0.1, 0.15) is 36.8 Å². The molecule has 0 unspecified atom stereocenters. The molecule has 220 valence electrons. The number of amidine groups is 1. The molecule has 1 aliphatic heterocycles. The molecular formula is C29H31N5O8. The monoisotopic (exact) mass is 577 g/mol. The maximum Gasteiger partial charge on any atom is 0.323 e. The van der Waals surface area contributed by atoms with E-state index in [-0.39, 0.29) is 37.5 Å². The van der Waals surface area contributed by atoms with Crippen LogP contribution < -0.4 is 15.8 Å². The minimum Gasteiger partial charge on any atom is -0.481 e. The molecule has 0 radical (unpaired) electrons. The molecule has 1 heterocycles. The summed E-state index contributed by atoms with van der Waals surface area (Å²) >= 11 is 0. The average molecular weight is 578 g/mol. The third kappa shape index (κ3) is 8.07. The Morgan fingerprint density at radius 1 is 1.12 bits per heavy atom. The Morgan fingerprint density at radius 3 is 2.33 bits per heavy atom. The van der Waals surface area contributed by atoms with Crippen molar-refractivity contribution in [1.82, 2.24) is 15.1 Å². The summed E-state index contributed by atoms with van der Waals surface area (Å²) in [4.78, 5) is 66.0. The van der Waals surface area contributed by atoms with Crippen molar-refractivity contribution in [1.29, 1.82) is 5.41 Å². The molecule has 0 saturated carbocycles. The Hall–Kier alpha value is -5.38. The summed E-state index contributed by atoms with van der Waals surface area (Å²) < 4.78 is 10.1. The highest BCUT2D eigenvalue weighted by Crippen LogP contribution is 2.20. The number of ether oxygens (including phenoxy) is 2. The van der Waals surface area contributed by atoms with Crippen LogP contribution in [0.2, 0.25) is 0 Å². The Balaban J connectivity index is 1.91. The highest BCUT2D eigenvalue weighted by molar-refractivity contribution is 6.01. The van der Waals surface area contributed by atoms with E-state index in [0.29, 0.717) is 16.9 Å². The maximum atomic E-state index is 14.0. The van der Waals surface area contributed by atoms with E-state index in [0.717, 1.165) is 12.0 Å². The molecule has 1 fully saturated rings. The highest BCUT2D eigenvalue weighted by atomic mass is 16.5. The fourth-order valence-electron chi connectivity index (χ4n) is 4.39. The number of hydrogen-bond donors (Lipinski definition) is 4. The van der Waals surface area contributed by atoms with Crippen LogP contribution in [-0.4, -0.2) is 95.8 Å². The Bertz CT molecular complexity index is 1380. The largest absolute Gasteiger partial charge is 0.481 e. The van der Waals surface area contributed by atoms with Crippen molar-refractivity contribution in [2.24, 2.45) is 5.73 Å². The van der Waals surface area contributed by atoms with E-state index in [2.05, 4.69) is 11.2 Å². The first-order chi connectivity index (χ1) is 20.0. The Kier molecular flexibility index (Phi) is 10.6. The molecule has 0 aromatic heterocycles. The molecule has 1 saturated heterocycles. The highest BCUT2D eigenvalue weighted by Gasteiger charge is 2.41. The Morgan fingerprint density at radius 2 is 1.76 bits per heavy atom. The number of nitrogens with two attached hydrogens (primary N) is 1. The van der Waals surface area contributed by atoms with E-state index >= 15 is 0 Å². The zero-order valence-electron chi connectivity index (χ0n) is 22.9. The summed E-state index contributed by atoms with van der Waals surface area (Å²) in [5.74, 6) is -1.27. The molecule has 2 aromatic carbocycles. The van der Waals surface area contributed by atoms with E-state index in [4.69, 9.17) is 27.0 Å². The van der Waals surface area contributed by atoms with E-state index in [9.17, 15) is 29.1 Å². The van der Waals surface area contributed by atoms with Gasteiger partial charge in [0.25, 0.3) is 5.91 Å². The lowest BCUT2D eigenvalue weighted by Crippen LogP contribution is -2.63. The van der Waals surface area contributed by atoms with Crippen molar-refractivity contribution in [2.75, 3.05) is 33.4 Å². The quantitative estimate of drug-likeness (QED) is 0.116. The van der Waals surface area contributed by atoms with Gasteiger partial charge in [-0.2, -0.15) is 0 Å². The summed E-state index contributed by atoms with van der Waals surface area (Å²) in [7, 11) is 1.13. The molecule has 2 aromatic rings. The average Bonchev–Trinajstić information content (AvgIpc) is 2.97. The molecule has 13 heteroatoms. The van der Waals surface area contributed by atoms with Gasteiger partial charge in [0.05, 0.1) is 13.5 Å². The number of esters is 1. The summed E-state index contributed by atoms with van der Waals surface area (Å²) in [6.07, 6.45) is 4.75. The number of hydrogen-bond acceptors (Lipinski definition) is 8. The topological polar surface area (TPSA) is 192 Å².